The van der Waals surface area contributed by atoms with Gasteiger partial charge in [0.2, 0.25) is 0 Å². The zero-order chi connectivity index (χ0) is 24.7. The minimum Gasteiger partial charge on any atom is -0.444 e. The molecule has 3 rings (SSSR count). The standard InChI is InChI=1S/C24H35ClN4O4/c1-15(2)16-14-29(22(31)33-24(6,7)8)17-13-26-20(19(25)18(16)17)27-9-11-28(12-10-27)21(30)32-23(3,4)5/h13-15H,9-12H2,1-8H3. The number of rotatable bonds is 2. The largest absolute Gasteiger partial charge is 0.444 e. The van der Waals surface area contributed by atoms with Crippen LogP contribution in [0.3, 0.4) is 0 Å². The lowest BCUT2D eigenvalue weighted by Gasteiger charge is -2.36. The Balaban J connectivity index is 1.89. The number of ether oxygens (including phenoxy) is 2. The summed E-state index contributed by atoms with van der Waals surface area (Å²) in [5.74, 6) is 0.796. The highest BCUT2D eigenvalue weighted by atomic mass is 35.5. The maximum absolute atomic E-state index is 12.8. The topological polar surface area (TPSA) is 76.9 Å². The van der Waals surface area contributed by atoms with E-state index in [4.69, 9.17) is 21.1 Å². The van der Waals surface area contributed by atoms with Gasteiger partial charge in [0.25, 0.3) is 0 Å². The van der Waals surface area contributed by atoms with Crippen LogP contribution in [-0.4, -0.2) is 64.0 Å². The number of fused-ring (bicyclic) bond motifs is 1. The van der Waals surface area contributed by atoms with Crippen LogP contribution in [0.4, 0.5) is 15.4 Å². The highest BCUT2D eigenvalue weighted by Gasteiger charge is 2.29. The average molecular weight is 479 g/mol. The van der Waals surface area contributed by atoms with Gasteiger partial charge in [-0.05, 0) is 53.0 Å². The van der Waals surface area contributed by atoms with Gasteiger partial charge in [-0.15, -0.1) is 0 Å². The predicted octanol–water partition coefficient (Wildman–Crippen LogP) is 5.65. The number of anilines is 1. The van der Waals surface area contributed by atoms with Crippen molar-refractivity contribution in [2.45, 2.75) is 72.5 Å². The number of halogens is 1. The van der Waals surface area contributed by atoms with Gasteiger partial charge in [-0.25, -0.2) is 14.6 Å². The smallest absolute Gasteiger partial charge is 0.419 e. The molecule has 0 radical (unpaired) electrons. The summed E-state index contributed by atoms with van der Waals surface area (Å²) >= 11 is 6.89. The van der Waals surface area contributed by atoms with E-state index >= 15 is 0 Å². The predicted molar refractivity (Wildman–Crippen MR) is 130 cm³/mol. The Hall–Kier alpha value is -2.48. The summed E-state index contributed by atoms with van der Waals surface area (Å²) in [6, 6.07) is 0. The maximum Gasteiger partial charge on any atom is 0.419 e. The molecule has 0 aliphatic carbocycles. The SMILES string of the molecule is CC(C)c1cn(C(=O)OC(C)(C)C)c2cnc(N3CCN(C(=O)OC(C)(C)C)CC3)c(Cl)c12. The maximum atomic E-state index is 12.8. The molecule has 0 N–H and O–H groups in total. The Labute approximate surface area is 200 Å². The Morgan fingerprint density at radius 2 is 1.52 bits per heavy atom. The Morgan fingerprint density at radius 3 is 2.03 bits per heavy atom. The zero-order valence-corrected chi connectivity index (χ0v) is 21.6. The van der Waals surface area contributed by atoms with Gasteiger partial charge in [-0.2, -0.15) is 0 Å². The molecule has 33 heavy (non-hydrogen) atoms. The van der Waals surface area contributed by atoms with Crippen LogP contribution in [0.1, 0.15) is 66.9 Å². The molecule has 0 unspecified atom stereocenters. The van der Waals surface area contributed by atoms with Gasteiger partial charge in [0, 0.05) is 37.8 Å². The van der Waals surface area contributed by atoms with Crippen molar-refractivity contribution in [3.8, 4) is 0 Å². The fraction of sp³-hybridized carbons (Fsp3) is 0.625. The number of piperazine rings is 1. The molecule has 8 nitrogen and oxygen atoms in total. The lowest BCUT2D eigenvalue weighted by Crippen LogP contribution is -2.50. The molecule has 182 valence electrons. The van der Waals surface area contributed by atoms with Gasteiger partial charge in [-0.1, -0.05) is 25.4 Å². The number of nitrogens with zero attached hydrogens (tertiary/aromatic N) is 4. The number of amides is 1. The summed E-state index contributed by atoms with van der Waals surface area (Å²) in [6.45, 7) is 17.4. The van der Waals surface area contributed by atoms with E-state index in [1.165, 1.54) is 4.57 Å². The molecular weight excluding hydrogens is 444 g/mol. The normalized spacial score (nSPS) is 15.3. The highest BCUT2D eigenvalue weighted by Crippen LogP contribution is 2.38. The van der Waals surface area contributed by atoms with E-state index < -0.39 is 17.3 Å². The first-order valence-electron chi connectivity index (χ1n) is 11.3. The van der Waals surface area contributed by atoms with E-state index in [9.17, 15) is 9.59 Å². The molecule has 1 saturated heterocycles. The van der Waals surface area contributed by atoms with Crippen LogP contribution in [0.5, 0.6) is 0 Å². The second-order valence-electron chi connectivity index (χ2n) is 10.7. The molecule has 3 heterocycles. The van der Waals surface area contributed by atoms with Crippen LogP contribution in [0.2, 0.25) is 5.02 Å². The molecule has 1 aliphatic rings. The second-order valence-corrected chi connectivity index (χ2v) is 11.1. The van der Waals surface area contributed by atoms with E-state index in [0.29, 0.717) is 42.5 Å². The summed E-state index contributed by atoms with van der Waals surface area (Å²) in [6.07, 6.45) is 2.69. The number of pyridine rings is 1. The number of hydrogen-bond acceptors (Lipinski definition) is 6. The van der Waals surface area contributed by atoms with Crippen molar-refractivity contribution in [1.82, 2.24) is 14.5 Å². The Morgan fingerprint density at radius 1 is 0.970 bits per heavy atom. The Kier molecular flexibility index (Phi) is 6.89. The average Bonchev–Trinajstić information content (AvgIpc) is 3.07. The van der Waals surface area contributed by atoms with E-state index in [0.717, 1.165) is 10.9 Å². The number of carbonyl (C=O) groups is 2. The van der Waals surface area contributed by atoms with Crippen LogP contribution in [0.15, 0.2) is 12.4 Å². The zero-order valence-electron chi connectivity index (χ0n) is 20.9. The first-order chi connectivity index (χ1) is 15.2. The molecule has 0 spiro atoms. The monoisotopic (exact) mass is 478 g/mol. The van der Waals surface area contributed by atoms with Crippen molar-refractivity contribution >= 4 is 40.5 Å². The van der Waals surface area contributed by atoms with Crippen LogP contribution < -0.4 is 4.90 Å². The summed E-state index contributed by atoms with van der Waals surface area (Å²) in [4.78, 5) is 33.6. The molecular formula is C24H35ClN4O4. The number of carbonyl (C=O) groups excluding carboxylic acids is 2. The molecule has 9 heteroatoms. The van der Waals surface area contributed by atoms with Crippen LogP contribution in [0, 0.1) is 0 Å². The van der Waals surface area contributed by atoms with Gasteiger partial charge in [0.05, 0.1) is 16.7 Å². The molecule has 1 fully saturated rings. The summed E-state index contributed by atoms with van der Waals surface area (Å²) < 4.78 is 12.5. The van der Waals surface area contributed by atoms with E-state index in [1.807, 2.05) is 41.5 Å². The van der Waals surface area contributed by atoms with Crippen molar-refractivity contribution in [1.29, 1.82) is 0 Å². The first kappa shape index (κ1) is 25.1. The minimum absolute atomic E-state index is 0.146. The molecule has 1 aliphatic heterocycles. The van der Waals surface area contributed by atoms with Crippen LogP contribution >= 0.6 is 11.6 Å². The summed E-state index contributed by atoms with van der Waals surface area (Å²) in [7, 11) is 0. The lowest BCUT2D eigenvalue weighted by atomic mass is 10.0. The lowest BCUT2D eigenvalue weighted by molar-refractivity contribution is 0.0240. The van der Waals surface area contributed by atoms with Crippen molar-refractivity contribution in [3.63, 3.8) is 0 Å². The van der Waals surface area contributed by atoms with Crippen molar-refractivity contribution in [2.24, 2.45) is 0 Å². The van der Waals surface area contributed by atoms with Gasteiger partial charge in [0.15, 0.2) is 0 Å². The van der Waals surface area contributed by atoms with Gasteiger partial charge < -0.3 is 19.3 Å². The molecule has 0 atom stereocenters. The fourth-order valence-corrected chi connectivity index (χ4v) is 4.12. The highest BCUT2D eigenvalue weighted by molar-refractivity contribution is 6.38. The fourth-order valence-electron chi connectivity index (χ4n) is 3.75. The van der Waals surface area contributed by atoms with Gasteiger partial charge in [0.1, 0.15) is 17.0 Å². The van der Waals surface area contributed by atoms with Crippen LogP contribution in [0.25, 0.3) is 10.9 Å². The second kappa shape index (κ2) is 9.05. The van der Waals surface area contributed by atoms with E-state index in [-0.39, 0.29) is 12.0 Å². The molecule has 0 aromatic carbocycles. The van der Waals surface area contributed by atoms with E-state index in [1.54, 1.807) is 17.3 Å². The van der Waals surface area contributed by atoms with E-state index in [2.05, 4.69) is 23.7 Å². The van der Waals surface area contributed by atoms with Crippen molar-refractivity contribution in [2.75, 3.05) is 31.1 Å². The van der Waals surface area contributed by atoms with Gasteiger partial charge >= 0.3 is 12.2 Å². The van der Waals surface area contributed by atoms with Crippen molar-refractivity contribution in [3.05, 3.63) is 23.0 Å². The molecule has 1 amide bonds. The molecule has 0 saturated carbocycles. The molecule has 2 aromatic rings. The third kappa shape index (κ3) is 5.72. The first-order valence-corrected chi connectivity index (χ1v) is 11.7. The Bertz CT molecular complexity index is 1040. The number of hydrogen-bond donors (Lipinski definition) is 0. The minimum atomic E-state index is -0.614. The summed E-state index contributed by atoms with van der Waals surface area (Å²) in [5, 5.41) is 1.31. The third-order valence-corrected chi connectivity index (χ3v) is 5.60. The quantitative estimate of drug-likeness (QED) is 0.554. The molecule has 0 bridgehead atoms. The number of aromatic nitrogens is 2. The van der Waals surface area contributed by atoms with Crippen LogP contribution in [-0.2, 0) is 9.47 Å². The summed E-state index contributed by atoms with van der Waals surface area (Å²) in [5.41, 5.74) is 0.431. The third-order valence-electron chi connectivity index (χ3n) is 5.24. The van der Waals surface area contributed by atoms with Gasteiger partial charge in [-0.3, -0.25) is 4.57 Å². The van der Waals surface area contributed by atoms with Crippen molar-refractivity contribution < 1.29 is 19.1 Å². The molecule has 2 aromatic heterocycles.